The molecular weight excluding hydrogens is 360 g/mol. The van der Waals surface area contributed by atoms with Gasteiger partial charge in [-0.05, 0) is 64.6 Å². The lowest BCUT2D eigenvalue weighted by molar-refractivity contribution is 0.0690. The van der Waals surface area contributed by atoms with E-state index in [9.17, 15) is 4.79 Å². The molecule has 0 radical (unpaired) electrons. The summed E-state index contributed by atoms with van der Waals surface area (Å²) in [5, 5.41) is 8.14. The van der Waals surface area contributed by atoms with Gasteiger partial charge in [0.2, 0.25) is 0 Å². The van der Waals surface area contributed by atoms with Gasteiger partial charge in [0.05, 0.1) is 5.69 Å². The van der Waals surface area contributed by atoms with E-state index in [-0.39, 0.29) is 18.3 Å². The topological polar surface area (TPSA) is 50.2 Å². The highest BCUT2D eigenvalue weighted by Crippen LogP contribution is 2.30. The van der Waals surface area contributed by atoms with E-state index in [0.29, 0.717) is 11.7 Å². The Morgan fingerprint density at radius 3 is 2.78 bits per heavy atom. The van der Waals surface area contributed by atoms with Crippen LogP contribution >= 0.6 is 12.4 Å². The Balaban J connectivity index is 0.00000210. The number of piperidine rings is 1. The first-order valence-electron chi connectivity index (χ1n) is 9.73. The number of amides is 1. The van der Waals surface area contributed by atoms with Crippen LogP contribution in [0.2, 0.25) is 0 Å². The first-order valence-corrected chi connectivity index (χ1v) is 9.73. The molecule has 146 valence electrons. The standard InChI is InChI=1S/C21H28N4O.ClH/c1-14-9-10-18(15(2)12-14)25-19-8-4-7-17(19)20(23-25)21(26)24-11-5-6-16(13-24)22-3;/h9-10,12,16,22H,4-8,11,13H2,1-3H3;1H. The summed E-state index contributed by atoms with van der Waals surface area (Å²) in [7, 11) is 1.98. The van der Waals surface area contributed by atoms with Crippen molar-refractivity contribution in [3.63, 3.8) is 0 Å². The van der Waals surface area contributed by atoms with Crippen LogP contribution in [0, 0.1) is 13.8 Å². The van der Waals surface area contributed by atoms with Crippen LogP contribution in [0.4, 0.5) is 0 Å². The Hall–Kier alpha value is -1.85. The second-order valence-corrected chi connectivity index (χ2v) is 7.71. The van der Waals surface area contributed by atoms with Crippen molar-refractivity contribution in [3.05, 3.63) is 46.3 Å². The van der Waals surface area contributed by atoms with Crippen molar-refractivity contribution in [3.8, 4) is 5.69 Å². The molecule has 27 heavy (non-hydrogen) atoms. The largest absolute Gasteiger partial charge is 0.336 e. The number of fused-ring (bicyclic) bond motifs is 1. The molecule has 1 atom stereocenters. The van der Waals surface area contributed by atoms with Gasteiger partial charge in [0.25, 0.3) is 5.91 Å². The van der Waals surface area contributed by atoms with Crippen molar-refractivity contribution in [2.45, 2.75) is 52.0 Å². The normalized spacial score (nSPS) is 18.9. The van der Waals surface area contributed by atoms with Gasteiger partial charge in [-0.1, -0.05) is 17.7 Å². The molecule has 4 rings (SSSR count). The minimum Gasteiger partial charge on any atom is -0.336 e. The Bertz CT molecular complexity index is 845. The number of aromatic nitrogens is 2. The van der Waals surface area contributed by atoms with E-state index >= 15 is 0 Å². The molecule has 1 fully saturated rings. The Kier molecular flexibility index (Phi) is 5.92. The van der Waals surface area contributed by atoms with Gasteiger partial charge in [-0.15, -0.1) is 12.4 Å². The molecule has 0 bridgehead atoms. The van der Waals surface area contributed by atoms with E-state index < -0.39 is 0 Å². The lowest BCUT2D eigenvalue weighted by Crippen LogP contribution is -2.47. The Labute approximate surface area is 167 Å². The van der Waals surface area contributed by atoms with Gasteiger partial charge in [0.15, 0.2) is 5.69 Å². The van der Waals surface area contributed by atoms with Gasteiger partial charge >= 0.3 is 0 Å². The zero-order chi connectivity index (χ0) is 18.3. The molecule has 1 aromatic carbocycles. The second-order valence-electron chi connectivity index (χ2n) is 7.71. The fourth-order valence-corrected chi connectivity index (χ4v) is 4.40. The van der Waals surface area contributed by atoms with E-state index in [1.807, 2.05) is 16.6 Å². The molecule has 1 amide bonds. The van der Waals surface area contributed by atoms with Crippen molar-refractivity contribution in [1.82, 2.24) is 20.0 Å². The van der Waals surface area contributed by atoms with Crippen molar-refractivity contribution in [2.24, 2.45) is 0 Å². The zero-order valence-electron chi connectivity index (χ0n) is 16.4. The number of likely N-dealkylation sites (N-methyl/N-ethyl adjacent to an activating group) is 1. The third kappa shape index (κ3) is 3.63. The van der Waals surface area contributed by atoms with Crippen LogP contribution in [0.3, 0.4) is 0 Å². The molecule has 2 aromatic rings. The summed E-state index contributed by atoms with van der Waals surface area (Å²) in [6.45, 7) is 5.84. The van der Waals surface area contributed by atoms with Crippen LogP contribution in [0.25, 0.3) is 5.69 Å². The first-order chi connectivity index (χ1) is 12.6. The number of likely N-dealkylation sites (tertiary alicyclic amines) is 1. The number of rotatable bonds is 3. The van der Waals surface area contributed by atoms with E-state index in [0.717, 1.165) is 50.9 Å². The molecule has 1 unspecified atom stereocenters. The second kappa shape index (κ2) is 8.03. The quantitative estimate of drug-likeness (QED) is 0.878. The van der Waals surface area contributed by atoms with Crippen LogP contribution in [-0.2, 0) is 12.8 Å². The average Bonchev–Trinajstić information content (AvgIpc) is 3.24. The summed E-state index contributed by atoms with van der Waals surface area (Å²) in [6, 6.07) is 6.82. The smallest absolute Gasteiger partial charge is 0.274 e. The predicted octanol–water partition coefficient (Wildman–Crippen LogP) is 3.22. The molecule has 1 aliphatic carbocycles. The summed E-state index contributed by atoms with van der Waals surface area (Å²) in [5.41, 5.74) is 6.62. The van der Waals surface area contributed by atoms with Crippen LogP contribution in [0.15, 0.2) is 18.2 Å². The molecule has 0 spiro atoms. The number of carbonyl (C=O) groups excluding carboxylic acids is 1. The molecule has 1 N–H and O–H groups in total. The van der Waals surface area contributed by atoms with Gasteiger partial charge in [0.1, 0.15) is 0 Å². The summed E-state index contributed by atoms with van der Waals surface area (Å²) in [5.74, 6) is 0.103. The van der Waals surface area contributed by atoms with Crippen LogP contribution in [0.5, 0.6) is 0 Å². The monoisotopic (exact) mass is 388 g/mol. The van der Waals surface area contributed by atoms with Gasteiger partial charge in [-0.3, -0.25) is 4.79 Å². The number of benzene rings is 1. The lowest BCUT2D eigenvalue weighted by atomic mass is 10.0. The molecule has 0 saturated carbocycles. The van der Waals surface area contributed by atoms with Crippen LogP contribution < -0.4 is 5.32 Å². The maximum absolute atomic E-state index is 13.2. The molecule has 1 saturated heterocycles. The van der Waals surface area contributed by atoms with Crippen LogP contribution in [-0.4, -0.2) is 46.8 Å². The molecule has 1 aliphatic heterocycles. The number of aryl methyl sites for hydroxylation is 2. The number of hydrogen-bond donors (Lipinski definition) is 1. The minimum absolute atomic E-state index is 0. The summed E-state index contributed by atoms with van der Waals surface area (Å²) in [4.78, 5) is 15.2. The van der Waals surface area contributed by atoms with E-state index in [4.69, 9.17) is 5.10 Å². The molecule has 6 heteroatoms. The van der Waals surface area contributed by atoms with Crippen molar-refractivity contribution in [1.29, 1.82) is 0 Å². The summed E-state index contributed by atoms with van der Waals surface area (Å²) in [6.07, 6.45) is 5.26. The number of hydrogen-bond acceptors (Lipinski definition) is 3. The highest BCUT2D eigenvalue weighted by Gasteiger charge is 2.31. The van der Waals surface area contributed by atoms with Gasteiger partial charge in [-0.25, -0.2) is 4.68 Å². The number of nitrogens with zero attached hydrogens (tertiary/aromatic N) is 3. The number of halogens is 1. The summed E-state index contributed by atoms with van der Waals surface area (Å²) < 4.78 is 2.03. The van der Waals surface area contributed by atoms with E-state index in [1.54, 1.807) is 0 Å². The van der Waals surface area contributed by atoms with Gasteiger partial charge in [-0.2, -0.15) is 5.10 Å². The first kappa shape index (κ1) is 19.9. The van der Waals surface area contributed by atoms with Gasteiger partial charge < -0.3 is 10.2 Å². The molecular formula is C21H29ClN4O. The number of carbonyl (C=O) groups is 1. The van der Waals surface area contributed by atoms with Gasteiger partial charge in [0, 0.05) is 30.4 Å². The fourth-order valence-electron chi connectivity index (χ4n) is 4.40. The Morgan fingerprint density at radius 2 is 2.04 bits per heavy atom. The van der Waals surface area contributed by atoms with Crippen LogP contribution in [0.1, 0.15) is 52.1 Å². The fraction of sp³-hybridized carbons (Fsp3) is 0.524. The Morgan fingerprint density at radius 1 is 1.22 bits per heavy atom. The third-order valence-electron chi connectivity index (χ3n) is 5.83. The zero-order valence-corrected chi connectivity index (χ0v) is 17.2. The highest BCUT2D eigenvalue weighted by atomic mass is 35.5. The van der Waals surface area contributed by atoms with Crippen molar-refractivity contribution >= 4 is 18.3 Å². The third-order valence-corrected chi connectivity index (χ3v) is 5.83. The average molecular weight is 389 g/mol. The highest BCUT2D eigenvalue weighted by molar-refractivity contribution is 5.94. The SMILES string of the molecule is CNC1CCCN(C(=O)c2nn(-c3ccc(C)cc3C)c3c2CCC3)C1.Cl. The molecule has 2 aliphatic rings. The molecule has 2 heterocycles. The molecule has 1 aromatic heterocycles. The molecule has 5 nitrogen and oxygen atoms in total. The maximum atomic E-state index is 13.2. The van der Waals surface area contributed by atoms with Crippen molar-refractivity contribution < 1.29 is 4.79 Å². The predicted molar refractivity (Wildman–Crippen MR) is 110 cm³/mol. The lowest BCUT2D eigenvalue weighted by Gasteiger charge is -2.32. The maximum Gasteiger partial charge on any atom is 0.274 e. The van der Waals surface area contributed by atoms with Crippen molar-refractivity contribution in [2.75, 3.05) is 20.1 Å². The number of nitrogens with one attached hydrogen (secondary N) is 1. The summed E-state index contributed by atoms with van der Waals surface area (Å²) >= 11 is 0. The van der Waals surface area contributed by atoms with E-state index in [2.05, 4.69) is 37.4 Å². The minimum atomic E-state index is 0. The van der Waals surface area contributed by atoms with E-state index in [1.165, 1.54) is 22.4 Å².